The first-order chi connectivity index (χ1) is 10.6. The average molecular weight is 368 g/mol. The van der Waals surface area contributed by atoms with Crippen LogP contribution < -0.4 is 11.1 Å². The van der Waals surface area contributed by atoms with Gasteiger partial charge < -0.3 is 16.0 Å². The number of amides is 3. The van der Waals surface area contributed by atoms with Crippen molar-refractivity contribution in [3.05, 3.63) is 34.3 Å². The predicted octanol–water partition coefficient (Wildman–Crippen LogP) is 2.95. The van der Waals surface area contributed by atoms with Gasteiger partial charge in [0.1, 0.15) is 0 Å². The van der Waals surface area contributed by atoms with Crippen molar-refractivity contribution in [2.24, 2.45) is 5.73 Å². The Morgan fingerprint density at radius 1 is 1.23 bits per heavy atom. The van der Waals surface area contributed by atoms with E-state index in [9.17, 15) is 9.59 Å². The summed E-state index contributed by atoms with van der Waals surface area (Å²) < 4.78 is 0.906. The van der Waals surface area contributed by atoms with Gasteiger partial charge in [0.05, 0.1) is 12.5 Å². The number of urea groups is 1. The number of hydrogen-bond acceptors (Lipinski definition) is 2. The Balaban J connectivity index is 2.08. The van der Waals surface area contributed by atoms with E-state index < -0.39 is 12.1 Å². The molecule has 1 aromatic carbocycles. The van der Waals surface area contributed by atoms with Crippen molar-refractivity contribution in [2.45, 2.75) is 38.1 Å². The van der Waals surface area contributed by atoms with Crippen molar-refractivity contribution >= 4 is 27.9 Å². The molecular weight excluding hydrogens is 346 g/mol. The SMILES string of the molecule is NC(=O)N[C@@H](CC(=O)N1CCCCCC1)c1cccc(Br)c1. The van der Waals surface area contributed by atoms with Crippen LogP contribution in [0.4, 0.5) is 4.79 Å². The Labute approximate surface area is 139 Å². The maximum Gasteiger partial charge on any atom is 0.312 e. The standard InChI is InChI=1S/C16H22BrN3O2/c17-13-7-5-6-12(10-13)14(19-16(18)22)11-15(21)20-8-3-1-2-4-9-20/h5-7,10,14H,1-4,8-9,11H2,(H3,18,19,22)/t14-/m0/s1. The number of primary amides is 1. The van der Waals surface area contributed by atoms with Crippen molar-refractivity contribution in [1.29, 1.82) is 0 Å². The smallest absolute Gasteiger partial charge is 0.312 e. The van der Waals surface area contributed by atoms with E-state index in [0.29, 0.717) is 0 Å². The second-order valence-corrected chi connectivity index (χ2v) is 6.53. The highest BCUT2D eigenvalue weighted by Gasteiger charge is 2.22. The van der Waals surface area contributed by atoms with E-state index in [-0.39, 0.29) is 12.3 Å². The third-order valence-electron chi connectivity index (χ3n) is 3.91. The number of hydrogen-bond donors (Lipinski definition) is 2. The van der Waals surface area contributed by atoms with Gasteiger partial charge in [-0.15, -0.1) is 0 Å². The van der Waals surface area contributed by atoms with E-state index in [1.807, 2.05) is 29.2 Å². The maximum absolute atomic E-state index is 12.5. The molecule has 0 aromatic heterocycles. The molecular formula is C16H22BrN3O2. The van der Waals surface area contributed by atoms with Gasteiger partial charge in [0, 0.05) is 17.6 Å². The number of carbonyl (C=O) groups is 2. The number of carbonyl (C=O) groups excluding carboxylic acids is 2. The molecule has 0 unspecified atom stereocenters. The number of rotatable bonds is 4. The molecule has 5 nitrogen and oxygen atoms in total. The van der Waals surface area contributed by atoms with E-state index in [1.54, 1.807) is 0 Å². The average Bonchev–Trinajstić information content (AvgIpc) is 2.75. The predicted molar refractivity (Wildman–Crippen MR) is 89.3 cm³/mol. The molecule has 1 atom stereocenters. The van der Waals surface area contributed by atoms with Crippen molar-refractivity contribution in [3.63, 3.8) is 0 Å². The fourth-order valence-corrected chi connectivity index (χ4v) is 3.19. The molecule has 0 saturated carbocycles. The van der Waals surface area contributed by atoms with Gasteiger partial charge in [-0.3, -0.25) is 4.79 Å². The first kappa shape index (κ1) is 16.8. The van der Waals surface area contributed by atoms with Gasteiger partial charge >= 0.3 is 6.03 Å². The number of nitrogens with zero attached hydrogens (tertiary/aromatic N) is 1. The molecule has 0 aliphatic carbocycles. The zero-order chi connectivity index (χ0) is 15.9. The van der Waals surface area contributed by atoms with Gasteiger partial charge in [-0.25, -0.2) is 4.79 Å². The molecule has 22 heavy (non-hydrogen) atoms. The number of nitrogens with one attached hydrogen (secondary N) is 1. The van der Waals surface area contributed by atoms with Crippen LogP contribution in [-0.2, 0) is 4.79 Å². The number of benzene rings is 1. The van der Waals surface area contributed by atoms with Gasteiger partial charge in [0.2, 0.25) is 5.91 Å². The summed E-state index contributed by atoms with van der Waals surface area (Å²) in [5.74, 6) is 0.0700. The van der Waals surface area contributed by atoms with Crippen LogP contribution in [0.25, 0.3) is 0 Å². The van der Waals surface area contributed by atoms with Crippen molar-refractivity contribution in [1.82, 2.24) is 10.2 Å². The van der Waals surface area contributed by atoms with Crippen LogP contribution in [0.5, 0.6) is 0 Å². The lowest BCUT2D eigenvalue weighted by Gasteiger charge is -2.24. The highest BCUT2D eigenvalue weighted by atomic mass is 79.9. The summed E-state index contributed by atoms with van der Waals surface area (Å²) in [6.07, 6.45) is 4.70. The molecule has 1 fully saturated rings. The van der Waals surface area contributed by atoms with Crippen LogP contribution in [0.1, 0.15) is 43.7 Å². The molecule has 3 N–H and O–H groups in total. The summed E-state index contributed by atoms with van der Waals surface area (Å²) in [5.41, 5.74) is 6.13. The van der Waals surface area contributed by atoms with Crippen LogP contribution in [0.2, 0.25) is 0 Å². The van der Waals surface area contributed by atoms with Crippen LogP contribution in [0.15, 0.2) is 28.7 Å². The number of halogens is 1. The Kier molecular flexibility index (Phi) is 6.24. The van der Waals surface area contributed by atoms with Gasteiger partial charge in [-0.1, -0.05) is 40.9 Å². The van der Waals surface area contributed by atoms with Gasteiger partial charge in [0.15, 0.2) is 0 Å². The minimum Gasteiger partial charge on any atom is -0.352 e. The highest BCUT2D eigenvalue weighted by molar-refractivity contribution is 9.10. The van der Waals surface area contributed by atoms with E-state index in [1.165, 1.54) is 12.8 Å². The Hall–Kier alpha value is -1.56. The van der Waals surface area contributed by atoms with Crippen LogP contribution in [-0.4, -0.2) is 29.9 Å². The first-order valence-corrected chi connectivity index (χ1v) is 8.45. The van der Waals surface area contributed by atoms with E-state index in [0.717, 1.165) is 36.0 Å². The van der Waals surface area contributed by atoms with Gasteiger partial charge in [0.25, 0.3) is 0 Å². The minimum atomic E-state index is -0.617. The summed E-state index contributed by atoms with van der Waals surface area (Å²) in [6.45, 7) is 1.61. The van der Waals surface area contributed by atoms with Gasteiger partial charge in [-0.2, -0.15) is 0 Å². The lowest BCUT2D eigenvalue weighted by molar-refractivity contribution is -0.131. The highest BCUT2D eigenvalue weighted by Crippen LogP contribution is 2.22. The zero-order valence-electron chi connectivity index (χ0n) is 12.6. The zero-order valence-corrected chi connectivity index (χ0v) is 14.1. The molecule has 3 amide bonds. The van der Waals surface area contributed by atoms with Crippen LogP contribution >= 0.6 is 15.9 Å². The molecule has 1 aromatic rings. The Bertz CT molecular complexity index is 528. The first-order valence-electron chi connectivity index (χ1n) is 7.65. The fourth-order valence-electron chi connectivity index (χ4n) is 2.77. The normalized spacial score (nSPS) is 16.7. The van der Waals surface area contributed by atoms with Gasteiger partial charge in [-0.05, 0) is 30.5 Å². The molecule has 0 radical (unpaired) electrons. The minimum absolute atomic E-state index is 0.0700. The van der Waals surface area contributed by atoms with Crippen molar-refractivity contribution < 1.29 is 9.59 Å². The summed E-state index contributed by atoms with van der Waals surface area (Å²) in [5, 5.41) is 2.68. The molecule has 2 rings (SSSR count). The quantitative estimate of drug-likeness (QED) is 0.858. The molecule has 1 aliphatic heterocycles. The fraction of sp³-hybridized carbons (Fsp3) is 0.500. The molecule has 120 valence electrons. The molecule has 0 bridgehead atoms. The van der Waals surface area contributed by atoms with E-state index in [4.69, 9.17) is 5.73 Å². The summed E-state index contributed by atoms with van der Waals surface area (Å²) in [7, 11) is 0. The topological polar surface area (TPSA) is 75.4 Å². The third-order valence-corrected chi connectivity index (χ3v) is 4.40. The maximum atomic E-state index is 12.5. The molecule has 1 heterocycles. The lowest BCUT2D eigenvalue weighted by atomic mass is 10.0. The second-order valence-electron chi connectivity index (χ2n) is 5.62. The Morgan fingerprint density at radius 2 is 1.91 bits per heavy atom. The van der Waals surface area contributed by atoms with E-state index in [2.05, 4.69) is 21.2 Å². The van der Waals surface area contributed by atoms with Crippen molar-refractivity contribution in [2.75, 3.05) is 13.1 Å². The Morgan fingerprint density at radius 3 is 2.50 bits per heavy atom. The van der Waals surface area contributed by atoms with Crippen LogP contribution in [0, 0.1) is 0 Å². The lowest BCUT2D eigenvalue weighted by Crippen LogP contribution is -2.38. The largest absolute Gasteiger partial charge is 0.352 e. The summed E-state index contributed by atoms with van der Waals surface area (Å²) in [6, 6.07) is 6.56. The van der Waals surface area contributed by atoms with E-state index >= 15 is 0 Å². The summed E-state index contributed by atoms with van der Waals surface area (Å²) >= 11 is 3.41. The molecule has 1 saturated heterocycles. The van der Waals surface area contributed by atoms with Crippen LogP contribution in [0.3, 0.4) is 0 Å². The number of nitrogens with two attached hydrogens (primary N) is 1. The molecule has 6 heteroatoms. The third kappa shape index (κ3) is 5.02. The second kappa shape index (κ2) is 8.17. The molecule has 1 aliphatic rings. The number of likely N-dealkylation sites (tertiary alicyclic amines) is 1. The van der Waals surface area contributed by atoms with Crippen molar-refractivity contribution in [3.8, 4) is 0 Å². The molecule has 0 spiro atoms. The monoisotopic (exact) mass is 367 g/mol. The summed E-state index contributed by atoms with van der Waals surface area (Å²) in [4.78, 5) is 25.7.